The summed E-state index contributed by atoms with van der Waals surface area (Å²) in [5.41, 5.74) is -0.362. The maximum Gasteiger partial charge on any atom is 0.290 e. The summed E-state index contributed by atoms with van der Waals surface area (Å²) in [6, 6.07) is 0.920. The molecule has 0 radical (unpaired) electrons. The Kier molecular flexibility index (Phi) is 4.48. The second-order valence-corrected chi connectivity index (χ2v) is 5.59. The molecule has 1 aliphatic rings. The van der Waals surface area contributed by atoms with Gasteiger partial charge in [0.1, 0.15) is 0 Å². The molecule has 1 saturated heterocycles. The first-order chi connectivity index (χ1) is 11.6. The molecule has 1 aliphatic heterocycles. The SMILES string of the molecule is CC#CCN1C[C@@H](NC(=O)c2cc(=O)n(C)o2)[C@@H](n2ccnn2)C1. The molecule has 0 spiro atoms. The Balaban J connectivity index is 1.76. The van der Waals surface area contributed by atoms with Crippen molar-refractivity contribution >= 4 is 5.91 Å². The van der Waals surface area contributed by atoms with Gasteiger partial charge in [-0.15, -0.1) is 11.0 Å². The van der Waals surface area contributed by atoms with E-state index in [1.165, 1.54) is 13.1 Å². The second kappa shape index (κ2) is 6.72. The van der Waals surface area contributed by atoms with Gasteiger partial charge in [-0.3, -0.25) is 14.5 Å². The van der Waals surface area contributed by atoms with Crippen LogP contribution in [0.5, 0.6) is 0 Å². The van der Waals surface area contributed by atoms with Gasteiger partial charge in [-0.25, -0.2) is 4.68 Å². The van der Waals surface area contributed by atoms with Gasteiger partial charge in [0.15, 0.2) is 0 Å². The van der Waals surface area contributed by atoms with Gasteiger partial charge in [0.2, 0.25) is 5.76 Å². The van der Waals surface area contributed by atoms with E-state index in [4.69, 9.17) is 4.52 Å². The summed E-state index contributed by atoms with van der Waals surface area (Å²) in [7, 11) is 1.46. The smallest absolute Gasteiger partial charge is 0.290 e. The minimum atomic E-state index is -0.425. The molecular formula is C15H18N6O3. The predicted molar refractivity (Wildman–Crippen MR) is 84.2 cm³/mol. The number of aryl methyl sites for hydroxylation is 1. The highest BCUT2D eigenvalue weighted by Crippen LogP contribution is 2.21. The van der Waals surface area contributed by atoms with Gasteiger partial charge in [0, 0.05) is 26.3 Å². The Labute approximate surface area is 138 Å². The van der Waals surface area contributed by atoms with Crippen LogP contribution in [0.2, 0.25) is 0 Å². The van der Waals surface area contributed by atoms with Gasteiger partial charge in [-0.05, 0) is 6.92 Å². The van der Waals surface area contributed by atoms with Gasteiger partial charge < -0.3 is 9.84 Å². The number of carbonyl (C=O) groups excluding carboxylic acids is 1. The maximum atomic E-state index is 12.4. The number of likely N-dealkylation sites (tertiary alicyclic amines) is 1. The molecular weight excluding hydrogens is 312 g/mol. The van der Waals surface area contributed by atoms with Crippen molar-refractivity contribution in [2.45, 2.75) is 19.0 Å². The average Bonchev–Trinajstić information content (AvgIpc) is 3.27. The number of hydrogen-bond donors (Lipinski definition) is 1. The van der Waals surface area contributed by atoms with Crippen molar-refractivity contribution in [3.63, 3.8) is 0 Å². The van der Waals surface area contributed by atoms with Crippen LogP contribution in [0.3, 0.4) is 0 Å². The minimum Gasteiger partial charge on any atom is -0.371 e. The minimum absolute atomic E-state index is 0.00774. The quantitative estimate of drug-likeness (QED) is 0.741. The van der Waals surface area contributed by atoms with Crippen LogP contribution in [0.1, 0.15) is 23.5 Å². The van der Waals surface area contributed by atoms with E-state index in [-0.39, 0.29) is 23.4 Å². The molecule has 2 aromatic rings. The van der Waals surface area contributed by atoms with Crippen LogP contribution >= 0.6 is 0 Å². The Morgan fingerprint density at radius 2 is 2.33 bits per heavy atom. The van der Waals surface area contributed by atoms with E-state index in [1.807, 2.05) is 0 Å². The van der Waals surface area contributed by atoms with E-state index >= 15 is 0 Å². The van der Waals surface area contributed by atoms with Crippen molar-refractivity contribution in [2.24, 2.45) is 7.05 Å². The number of nitrogens with one attached hydrogen (secondary N) is 1. The zero-order valence-corrected chi connectivity index (χ0v) is 13.5. The van der Waals surface area contributed by atoms with Crippen LogP contribution in [0.25, 0.3) is 0 Å². The lowest BCUT2D eigenvalue weighted by atomic mass is 10.1. The number of carbonyl (C=O) groups is 1. The molecule has 0 aliphatic carbocycles. The van der Waals surface area contributed by atoms with Crippen LogP contribution in [0.4, 0.5) is 0 Å². The van der Waals surface area contributed by atoms with E-state index in [1.54, 1.807) is 24.0 Å². The highest BCUT2D eigenvalue weighted by Gasteiger charge is 2.36. The third kappa shape index (κ3) is 3.23. The summed E-state index contributed by atoms with van der Waals surface area (Å²) >= 11 is 0. The largest absolute Gasteiger partial charge is 0.371 e. The fourth-order valence-electron chi connectivity index (χ4n) is 2.76. The molecule has 0 aromatic carbocycles. The number of nitrogens with zero attached hydrogens (tertiary/aromatic N) is 5. The molecule has 1 N–H and O–H groups in total. The number of amides is 1. The molecule has 2 atom stereocenters. The number of hydrogen-bond acceptors (Lipinski definition) is 6. The summed E-state index contributed by atoms with van der Waals surface area (Å²) in [5, 5.41) is 10.8. The lowest BCUT2D eigenvalue weighted by molar-refractivity contribution is 0.0879. The molecule has 1 amide bonds. The lowest BCUT2D eigenvalue weighted by Crippen LogP contribution is -2.41. The third-order valence-corrected chi connectivity index (χ3v) is 3.97. The molecule has 3 rings (SSSR count). The molecule has 3 heterocycles. The maximum absolute atomic E-state index is 12.4. The molecule has 9 heteroatoms. The normalized spacial score (nSPS) is 20.6. The Hall–Kier alpha value is -2.86. The van der Waals surface area contributed by atoms with Gasteiger partial charge in [-0.2, -0.15) is 4.74 Å². The summed E-state index contributed by atoms with van der Waals surface area (Å²) in [4.78, 5) is 25.9. The third-order valence-electron chi connectivity index (χ3n) is 3.97. The second-order valence-electron chi connectivity index (χ2n) is 5.59. The van der Waals surface area contributed by atoms with E-state index in [9.17, 15) is 9.59 Å². The van der Waals surface area contributed by atoms with E-state index in [2.05, 4.69) is 32.4 Å². The first kappa shape index (κ1) is 16.0. The highest BCUT2D eigenvalue weighted by molar-refractivity contribution is 5.91. The van der Waals surface area contributed by atoms with Crippen LogP contribution < -0.4 is 10.9 Å². The predicted octanol–water partition coefficient (Wildman–Crippen LogP) is -0.752. The number of aromatic nitrogens is 4. The lowest BCUT2D eigenvalue weighted by Gasteiger charge is -2.18. The first-order valence-electron chi connectivity index (χ1n) is 7.54. The topological polar surface area (TPSA) is 98.2 Å². The highest BCUT2D eigenvalue weighted by atomic mass is 16.5. The van der Waals surface area contributed by atoms with Gasteiger partial charge >= 0.3 is 0 Å². The van der Waals surface area contributed by atoms with Crippen LogP contribution in [-0.2, 0) is 7.05 Å². The molecule has 0 saturated carbocycles. The molecule has 9 nitrogen and oxygen atoms in total. The van der Waals surface area contributed by atoms with Crippen molar-refractivity contribution in [2.75, 3.05) is 19.6 Å². The Morgan fingerprint density at radius 1 is 1.50 bits per heavy atom. The Bertz CT molecular complexity index is 826. The molecule has 0 unspecified atom stereocenters. The molecule has 0 bridgehead atoms. The number of rotatable bonds is 4. The summed E-state index contributed by atoms with van der Waals surface area (Å²) < 4.78 is 7.87. The van der Waals surface area contributed by atoms with Crippen molar-refractivity contribution in [1.82, 2.24) is 30.0 Å². The monoisotopic (exact) mass is 330 g/mol. The fourth-order valence-corrected chi connectivity index (χ4v) is 2.76. The van der Waals surface area contributed by atoms with E-state index in [0.717, 1.165) is 4.74 Å². The summed E-state index contributed by atoms with van der Waals surface area (Å²) in [6.07, 6.45) is 3.37. The van der Waals surface area contributed by atoms with Crippen molar-refractivity contribution in [1.29, 1.82) is 0 Å². The standard InChI is InChI=1S/C15H18N6O3/c1-3-4-6-20-9-11(12(10-20)21-7-5-16-18-21)17-15(23)13-8-14(22)19(2)24-13/h5,7-8,11-12H,6,9-10H2,1-2H3,(H,17,23)/t11-,12+/m1/s1. The molecule has 1 fully saturated rings. The van der Waals surface area contributed by atoms with Crippen LogP contribution in [0.15, 0.2) is 27.8 Å². The van der Waals surface area contributed by atoms with Crippen molar-refractivity contribution in [3.05, 3.63) is 34.6 Å². The molecule has 126 valence electrons. The van der Waals surface area contributed by atoms with Crippen LogP contribution in [-0.4, -0.2) is 56.2 Å². The first-order valence-corrected chi connectivity index (χ1v) is 7.54. The van der Waals surface area contributed by atoms with Crippen molar-refractivity contribution < 1.29 is 9.32 Å². The van der Waals surface area contributed by atoms with Crippen LogP contribution in [0, 0.1) is 11.8 Å². The molecule has 24 heavy (non-hydrogen) atoms. The van der Waals surface area contributed by atoms with Gasteiger partial charge in [-0.1, -0.05) is 11.1 Å². The van der Waals surface area contributed by atoms with E-state index < -0.39 is 5.91 Å². The summed E-state index contributed by atoms with van der Waals surface area (Å²) in [5.74, 6) is 5.46. The van der Waals surface area contributed by atoms with Gasteiger partial charge in [0.05, 0.1) is 30.9 Å². The Morgan fingerprint density at radius 3 is 2.96 bits per heavy atom. The fraction of sp³-hybridized carbons (Fsp3) is 0.467. The average molecular weight is 330 g/mol. The van der Waals surface area contributed by atoms with E-state index in [0.29, 0.717) is 19.6 Å². The summed E-state index contributed by atoms with van der Waals surface area (Å²) in [6.45, 7) is 3.74. The molecule has 2 aromatic heterocycles. The van der Waals surface area contributed by atoms with Gasteiger partial charge in [0.25, 0.3) is 11.5 Å². The zero-order chi connectivity index (χ0) is 17.1. The zero-order valence-electron chi connectivity index (χ0n) is 13.5. The van der Waals surface area contributed by atoms with Crippen molar-refractivity contribution in [3.8, 4) is 11.8 Å².